The smallest absolute Gasteiger partial charge is 0.227 e. The molecule has 60 heavy (non-hydrogen) atoms. The first-order valence-electron chi connectivity index (χ1n) is 17.4. The highest BCUT2D eigenvalue weighted by Crippen LogP contribution is 2.29. The third kappa shape index (κ3) is 12.2. The van der Waals surface area contributed by atoms with Crippen molar-refractivity contribution < 1.29 is 35.4 Å². The summed E-state index contributed by atoms with van der Waals surface area (Å²) in [5.41, 5.74) is 3.31. The molecular weight excluding hydrogens is 831 g/mol. The van der Waals surface area contributed by atoms with Crippen molar-refractivity contribution in [3.63, 3.8) is 0 Å². The van der Waals surface area contributed by atoms with Gasteiger partial charge in [0.1, 0.15) is 34.7 Å². The number of nitrogens with one attached hydrogen (secondary N) is 2. The molecule has 2 heterocycles. The molecule has 0 saturated carbocycles. The lowest BCUT2D eigenvalue weighted by atomic mass is 10.1. The molecule has 0 aliphatic rings. The zero-order chi connectivity index (χ0) is 43.8. The fourth-order valence-electron chi connectivity index (χ4n) is 5.86. The summed E-state index contributed by atoms with van der Waals surface area (Å²) in [5.74, 6) is -4.72. The van der Waals surface area contributed by atoms with Gasteiger partial charge in [0.2, 0.25) is 24.3 Å². The maximum Gasteiger partial charge on any atom is 0.227 e. The Morgan fingerprint density at radius 2 is 0.967 bits per heavy atom. The number of hydrogen-bond donors (Lipinski definition) is 6. The maximum atomic E-state index is 14.2. The van der Waals surface area contributed by atoms with Crippen molar-refractivity contribution in [1.82, 2.24) is 19.9 Å². The number of hydrogen-bond acceptors (Lipinski definition) is 10. The van der Waals surface area contributed by atoms with Crippen molar-refractivity contribution in [3.8, 4) is 34.9 Å². The fraction of sp³-hybridized carbons (Fsp3) is 0.150. The van der Waals surface area contributed by atoms with Gasteiger partial charge in [-0.1, -0.05) is 32.3 Å². The van der Waals surface area contributed by atoms with Crippen LogP contribution < -0.4 is 10.6 Å². The summed E-state index contributed by atoms with van der Waals surface area (Å²) in [5, 5.41) is 23.3. The van der Waals surface area contributed by atoms with Crippen LogP contribution in [-0.4, -0.2) is 41.6 Å². The standard InChI is InChI=1S/2C20H18F3N5OS/c2*1-12-5-13(10-30(2,29)26-11-24)7-15(6-12)27-20-25-9-18(23)19(28-20)16-4-3-14(21)8-17(16)22/h2*3-9,30H,10H2,1-2H3,(H,26,29)(H,25,27,28). The lowest BCUT2D eigenvalue weighted by Gasteiger charge is -2.17. The minimum atomic E-state index is -2.77. The van der Waals surface area contributed by atoms with E-state index in [2.05, 4.69) is 39.3 Å². The van der Waals surface area contributed by atoms with E-state index in [-0.39, 0.29) is 45.9 Å². The number of thiol groups is 2. The molecule has 0 unspecified atom stereocenters. The summed E-state index contributed by atoms with van der Waals surface area (Å²) >= 11 is 0. The molecule has 20 heteroatoms. The number of aromatic nitrogens is 4. The Morgan fingerprint density at radius 3 is 1.32 bits per heavy atom. The molecular formula is C40H36F6N10O2S2. The average Bonchev–Trinajstić information content (AvgIpc) is 3.13. The van der Waals surface area contributed by atoms with Gasteiger partial charge in [-0.3, -0.25) is 0 Å². The largest absolute Gasteiger partial charge is 0.343 e. The predicted octanol–water partition coefficient (Wildman–Crippen LogP) is 9.53. The Morgan fingerprint density at radius 1 is 0.583 bits per heavy atom. The second-order valence-corrected chi connectivity index (χ2v) is 19.0. The number of benzene rings is 4. The van der Waals surface area contributed by atoms with Gasteiger partial charge in [-0.25, -0.2) is 46.3 Å². The Balaban J connectivity index is 0.000000228. The molecule has 0 atom stereocenters. The SMILES string of the molecule is Cc1cc(C[SH](C)(O)=NC#N)cc(Nc2ncc(F)c(-c3ccc(F)cc3F)n2)c1.Cc1cc(C[SH](C)(O)=NC#N)cc(Nc2ncc(F)c(-c3ccc(F)cc3F)n2)c1. The second-order valence-electron chi connectivity index (χ2n) is 13.6. The third-order valence-corrected chi connectivity index (χ3v) is 11.1. The minimum Gasteiger partial charge on any atom is -0.343 e. The predicted molar refractivity (Wildman–Crippen MR) is 222 cm³/mol. The van der Waals surface area contributed by atoms with Gasteiger partial charge < -0.3 is 19.7 Å². The van der Waals surface area contributed by atoms with Gasteiger partial charge in [0.25, 0.3) is 0 Å². The molecule has 0 amide bonds. The summed E-state index contributed by atoms with van der Waals surface area (Å²) in [4.78, 5) is 15.8. The Kier molecular flexibility index (Phi) is 14.1. The van der Waals surface area contributed by atoms with Crippen LogP contribution in [0.1, 0.15) is 22.3 Å². The minimum absolute atomic E-state index is 0.00921. The van der Waals surface area contributed by atoms with Crippen molar-refractivity contribution >= 4 is 43.5 Å². The van der Waals surface area contributed by atoms with E-state index in [0.29, 0.717) is 23.5 Å². The molecule has 0 radical (unpaired) electrons. The van der Waals surface area contributed by atoms with Crippen LogP contribution in [0.2, 0.25) is 0 Å². The first kappa shape index (κ1) is 44.5. The lowest BCUT2D eigenvalue weighted by molar-refractivity contribution is 0.580. The summed E-state index contributed by atoms with van der Waals surface area (Å²) in [6.07, 6.45) is 8.11. The van der Waals surface area contributed by atoms with Crippen LogP contribution in [0, 0.1) is 71.7 Å². The number of nitriles is 2. The fourth-order valence-corrected chi connectivity index (χ4v) is 8.14. The average molecular weight is 867 g/mol. The van der Waals surface area contributed by atoms with E-state index in [4.69, 9.17) is 10.5 Å². The number of aryl methyl sites for hydroxylation is 2. The monoisotopic (exact) mass is 866 g/mol. The first-order chi connectivity index (χ1) is 28.3. The van der Waals surface area contributed by atoms with Crippen LogP contribution in [0.25, 0.3) is 22.5 Å². The molecule has 0 aliphatic carbocycles. The molecule has 0 fully saturated rings. The van der Waals surface area contributed by atoms with Crippen molar-refractivity contribution in [2.45, 2.75) is 25.4 Å². The summed E-state index contributed by atoms with van der Waals surface area (Å²) < 4.78 is 110. The van der Waals surface area contributed by atoms with Crippen LogP contribution in [0.3, 0.4) is 0 Å². The third-order valence-electron chi connectivity index (χ3n) is 8.13. The molecule has 12 nitrogen and oxygen atoms in total. The van der Waals surface area contributed by atoms with Gasteiger partial charge in [-0.05, 0) is 97.1 Å². The molecule has 0 aliphatic heterocycles. The van der Waals surface area contributed by atoms with Gasteiger partial charge in [0, 0.05) is 46.1 Å². The molecule has 0 spiro atoms. The van der Waals surface area contributed by atoms with E-state index >= 15 is 0 Å². The van der Waals surface area contributed by atoms with Crippen molar-refractivity contribution in [1.29, 1.82) is 10.5 Å². The van der Waals surface area contributed by atoms with Crippen LogP contribution in [0.4, 0.5) is 49.6 Å². The Bertz CT molecular complexity index is 2600. The number of anilines is 4. The zero-order valence-electron chi connectivity index (χ0n) is 32.1. The van der Waals surface area contributed by atoms with E-state index < -0.39 is 55.1 Å². The zero-order valence-corrected chi connectivity index (χ0v) is 33.9. The van der Waals surface area contributed by atoms with Gasteiger partial charge >= 0.3 is 0 Å². The maximum absolute atomic E-state index is 14.2. The molecule has 2 aromatic heterocycles. The quantitative estimate of drug-likeness (QED) is 0.0440. The number of nitrogens with zero attached hydrogens (tertiary/aromatic N) is 8. The highest BCUT2D eigenvalue weighted by Gasteiger charge is 2.17. The van der Waals surface area contributed by atoms with Crippen LogP contribution in [0.5, 0.6) is 0 Å². The molecule has 312 valence electrons. The first-order valence-corrected chi connectivity index (χ1v) is 22.1. The Hall–Kier alpha value is -6.58. The van der Waals surface area contributed by atoms with E-state index in [0.717, 1.165) is 58.9 Å². The lowest BCUT2D eigenvalue weighted by Crippen LogP contribution is -2.10. The highest BCUT2D eigenvalue weighted by molar-refractivity contribution is 7.98. The van der Waals surface area contributed by atoms with Gasteiger partial charge in [0.05, 0.1) is 12.4 Å². The van der Waals surface area contributed by atoms with Crippen LogP contribution >= 0.6 is 0 Å². The van der Waals surface area contributed by atoms with E-state index in [1.165, 1.54) is 12.5 Å². The van der Waals surface area contributed by atoms with Gasteiger partial charge in [-0.2, -0.15) is 10.5 Å². The topological polar surface area (TPSA) is 188 Å². The summed E-state index contributed by atoms with van der Waals surface area (Å²) in [6.45, 7) is 3.68. The molecule has 4 aromatic carbocycles. The van der Waals surface area contributed by atoms with E-state index in [9.17, 15) is 35.4 Å². The van der Waals surface area contributed by atoms with Gasteiger partial charge in [-0.15, -0.1) is 8.73 Å². The van der Waals surface area contributed by atoms with Crippen LogP contribution in [-0.2, 0) is 31.7 Å². The Labute approximate surface area is 342 Å². The molecule has 6 aromatic rings. The van der Waals surface area contributed by atoms with Crippen molar-refractivity contribution in [2.75, 3.05) is 23.1 Å². The molecule has 0 saturated heterocycles. The summed E-state index contributed by atoms with van der Waals surface area (Å²) in [6, 6.07) is 16.2. The second kappa shape index (κ2) is 19.0. The van der Waals surface area contributed by atoms with Crippen molar-refractivity contribution in [2.24, 2.45) is 8.73 Å². The van der Waals surface area contributed by atoms with Crippen LogP contribution in [0.15, 0.2) is 93.9 Å². The molecule has 6 rings (SSSR count). The molecule has 4 N–H and O–H groups in total. The van der Waals surface area contributed by atoms with E-state index in [1.807, 2.05) is 26.0 Å². The highest BCUT2D eigenvalue weighted by atomic mass is 32.3. The molecule has 0 bridgehead atoms. The van der Waals surface area contributed by atoms with E-state index in [1.54, 1.807) is 36.7 Å². The van der Waals surface area contributed by atoms with Gasteiger partial charge in [0.15, 0.2) is 11.6 Å². The number of rotatable bonds is 10. The van der Waals surface area contributed by atoms with Crippen molar-refractivity contribution in [3.05, 3.63) is 142 Å². The normalized spacial score (nSPS) is 11.6. The number of halogens is 6. The summed E-state index contributed by atoms with van der Waals surface area (Å²) in [7, 11) is -5.54.